The first kappa shape index (κ1) is 22.1. The molecule has 0 radical (unpaired) electrons. The molecule has 1 saturated heterocycles. The molecule has 2 aromatic carbocycles. The zero-order chi connectivity index (χ0) is 21.7. The summed E-state index contributed by atoms with van der Waals surface area (Å²) in [6, 6.07) is 14.3. The minimum absolute atomic E-state index is 0.0213. The molecule has 0 bridgehead atoms. The standard InChI is InChI=1S/C20H18ClN3O4S2/c1-2-12-24-19(26)17(13-18(25)22-15-10-8-14(21)9-11-15)29-20(24)23-30(27,28)16-6-4-3-5-7-16/h2-11,17H,1,12-13H2,(H,22,25)/t17-/m1/s1. The van der Waals surface area contributed by atoms with Gasteiger partial charge in [0, 0.05) is 23.7 Å². The smallest absolute Gasteiger partial charge is 0.284 e. The van der Waals surface area contributed by atoms with Crippen molar-refractivity contribution in [2.24, 2.45) is 4.40 Å². The number of nitrogens with one attached hydrogen (secondary N) is 1. The Kier molecular flexibility index (Phi) is 6.96. The molecule has 3 rings (SSSR count). The van der Waals surface area contributed by atoms with E-state index in [9.17, 15) is 18.0 Å². The second-order valence-corrected chi connectivity index (χ2v) is 9.48. The highest BCUT2D eigenvalue weighted by molar-refractivity contribution is 8.16. The third-order valence-electron chi connectivity index (χ3n) is 4.07. The maximum atomic E-state index is 12.7. The first-order valence-corrected chi connectivity index (χ1v) is 11.5. The van der Waals surface area contributed by atoms with Crippen LogP contribution in [0.25, 0.3) is 0 Å². The van der Waals surface area contributed by atoms with Crippen LogP contribution in [0.5, 0.6) is 0 Å². The highest BCUT2D eigenvalue weighted by Crippen LogP contribution is 2.31. The molecule has 30 heavy (non-hydrogen) atoms. The first-order chi connectivity index (χ1) is 14.3. The van der Waals surface area contributed by atoms with Gasteiger partial charge >= 0.3 is 0 Å². The van der Waals surface area contributed by atoms with Crippen molar-refractivity contribution in [1.29, 1.82) is 0 Å². The van der Waals surface area contributed by atoms with Crippen molar-refractivity contribution in [3.63, 3.8) is 0 Å². The summed E-state index contributed by atoms with van der Waals surface area (Å²) < 4.78 is 29.0. The van der Waals surface area contributed by atoms with Gasteiger partial charge in [0.2, 0.25) is 11.8 Å². The SMILES string of the molecule is C=CCN1C(=O)[C@@H](CC(=O)Nc2ccc(Cl)cc2)SC1=NS(=O)(=O)c1ccccc1. The quantitative estimate of drug-likeness (QED) is 0.633. The van der Waals surface area contributed by atoms with Gasteiger partial charge in [-0.05, 0) is 36.4 Å². The molecule has 1 aliphatic heterocycles. The summed E-state index contributed by atoms with van der Waals surface area (Å²) in [5.41, 5.74) is 0.545. The van der Waals surface area contributed by atoms with E-state index in [1.807, 2.05) is 0 Å². The molecule has 0 unspecified atom stereocenters. The Balaban J connectivity index is 1.78. The number of amides is 2. The van der Waals surface area contributed by atoms with Gasteiger partial charge in [-0.2, -0.15) is 8.42 Å². The molecule has 1 N–H and O–H groups in total. The number of halogens is 1. The second-order valence-electron chi connectivity index (χ2n) is 6.27. The van der Waals surface area contributed by atoms with Gasteiger partial charge in [-0.3, -0.25) is 14.5 Å². The molecule has 7 nitrogen and oxygen atoms in total. The van der Waals surface area contributed by atoms with Gasteiger partial charge in [-0.1, -0.05) is 47.6 Å². The molecule has 0 aliphatic carbocycles. The molecule has 1 atom stereocenters. The van der Waals surface area contributed by atoms with E-state index in [4.69, 9.17) is 11.6 Å². The van der Waals surface area contributed by atoms with E-state index < -0.39 is 21.2 Å². The van der Waals surface area contributed by atoms with Gasteiger partial charge in [-0.25, -0.2) is 0 Å². The molecule has 1 heterocycles. The second kappa shape index (κ2) is 9.46. The van der Waals surface area contributed by atoms with Crippen molar-refractivity contribution in [1.82, 2.24) is 4.90 Å². The Hall–Kier alpha value is -2.62. The number of amidine groups is 1. The molecular weight excluding hydrogens is 446 g/mol. The minimum atomic E-state index is -4.00. The van der Waals surface area contributed by atoms with Crippen LogP contribution < -0.4 is 5.32 Å². The van der Waals surface area contributed by atoms with Gasteiger partial charge < -0.3 is 5.32 Å². The summed E-state index contributed by atoms with van der Waals surface area (Å²) in [5.74, 6) is -0.776. The van der Waals surface area contributed by atoms with Crippen LogP contribution >= 0.6 is 23.4 Å². The van der Waals surface area contributed by atoms with E-state index in [1.54, 1.807) is 42.5 Å². The van der Waals surface area contributed by atoms with Gasteiger partial charge in [0.25, 0.3) is 10.0 Å². The highest BCUT2D eigenvalue weighted by atomic mass is 35.5. The minimum Gasteiger partial charge on any atom is -0.326 e. The molecule has 156 valence electrons. The fourth-order valence-electron chi connectivity index (χ4n) is 2.67. The van der Waals surface area contributed by atoms with Crippen LogP contribution in [-0.2, 0) is 19.6 Å². The molecule has 2 aromatic rings. The number of anilines is 1. The summed E-state index contributed by atoms with van der Waals surface area (Å²) in [5, 5.41) is 2.46. The van der Waals surface area contributed by atoms with Crippen molar-refractivity contribution in [2.45, 2.75) is 16.6 Å². The van der Waals surface area contributed by atoms with E-state index in [0.717, 1.165) is 11.8 Å². The number of carbonyl (C=O) groups excluding carboxylic acids is 2. The molecule has 1 fully saturated rings. The first-order valence-electron chi connectivity index (χ1n) is 8.84. The van der Waals surface area contributed by atoms with Crippen LogP contribution in [-0.4, -0.2) is 42.1 Å². The number of sulfonamides is 1. The summed E-state index contributed by atoms with van der Waals surface area (Å²) >= 11 is 6.77. The lowest BCUT2D eigenvalue weighted by atomic mass is 10.2. The number of nitrogens with zero attached hydrogens (tertiary/aromatic N) is 2. The van der Waals surface area contributed by atoms with E-state index in [1.165, 1.54) is 23.1 Å². The summed E-state index contributed by atoms with van der Waals surface area (Å²) in [7, 11) is -4.00. The van der Waals surface area contributed by atoms with E-state index >= 15 is 0 Å². The Bertz CT molecular complexity index is 1090. The molecule has 0 spiro atoms. The number of rotatable bonds is 7. The molecule has 1 aliphatic rings. The molecule has 10 heteroatoms. The third-order valence-corrected chi connectivity index (χ3v) is 6.89. The van der Waals surface area contributed by atoms with Gasteiger partial charge in [-0.15, -0.1) is 11.0 Å². The topological polar surface area (TPSA) is 95.9 Å². The maximum Gasteiger partial charge on any atom is 0.284 e. The van der Waals surface area contributed by atoms with Crippen LogP contribution in [0.1, 0.15) is 6.42 Å². The Morgan fingerprint density at radius 2 is 1.87 bits per heavy atom. The molecule has 2 amide bonds. The highest BCUT2D eigenvalue weighted by Gasteiger charge is 2.39. The Morgan fingerprint density at radius 3 is 2.50 bits per heavy atom. The molecule has 0 aromatic heterocycles. The van der Waals surface area contributed by atoms with Gasteiger partial charge in [0.1, 0.15) is 5.25 Å². The molecular formula is C20H18ClN3O4S2. The van der Waals surface area contributed by atoms with Crippen LogP contribution in [0.15, 0.2) is 76.5 Å². The van der Waals surface area contributed by atoms with E-state index in [-0.39, 0.29) is 28.9 Å². The summed E-state index contributed by atoms with van der Waals surface area (Å²) in [6.07, 6.45) is 1.34. The summed E-state index contributed by atoms with van der Waals surface area (Å²) in [4.78, 5) is 26.4. The Labute approximate surface area is 183 Å². The zero-order valence-corrected chi connectivity index (χ0v) is 18.1. The predicted molar refractivity (Wildman–Crippen MR) is 119 cm³/mol. The average molecular weight is 464 g/mol. The monoisotopic (exact) mass is 463 g/mol. The van der Waals surface area contributed by atoms with Crippen LogP contribution in [0.3, 0.4) is 0 Å². The fraction of sp³-hybridized carbons (Fsp3) is 0.150. The molecule has 0 saturated carbocycles. The zero-order valence-electron chi connectivity index (χ0n) is 15.7. The number of hydrogen-bond donors (Lipinski definition) is 1. The normalized spacial score (nSPS) is 17.9. The largest absolute Gasteiger partial charge is 0.326 e. The summed E-state index contributed by atoms with van der Waals surface area (Å²) in [6.45, 7) is 3.69. The lowest BCUT2D eigenvalue weighted by Gasteiger charge is -2.13. The Morgan fingerprint density at radius 1 is 1.20 bits per heavy atom. The van der Waals surface area contributed by atoms with Crippen molar-refractivity contribution in [2.75, 3.05) is 11.9 Å². The van der Waals surface area contributed by atoms with Crippen molar-refractivity contribution in [3.8, 4) is 0 Å². The lowest BCUT2D eigenvalue weighted by Crippen LogP contribution is -2.33. The van der Waals surface area contributed by atoms with E-state index in [2.05, 4.69) is 16.3 Å². The van der Waals surface area contributed by atoms with Gasteiger partial charge in [0.15, 0.2) is 5.17 Å². The van der Waals surface area contributed by atoms with Crippen LogP contribution in [0.4, 0.5) is 5.69 Å². The van der Waals surface area contributed by atoms with E-state index in [0.29, 0.717) is 10.7 Å². The van der Waals surface area contributed by atoms with Crippen molar-refractivity contribution < 1.29 is 18.0 Å². The number of carbonyl (C=O) groups is 2. The lowest BCUT2D eigenvalue weighted by molar-refractivity contribution is -0.127. The fourth-order valence-corrected chi connectivity index (χ4v) is 5.18. The number of thioether (sulfide) groups is 1. The average Bonchev–Trinajstić information content (AvgIpc) is 2.99. The van der Waals surface area contributed by atoms with Crippen LogP contribution in [0, 0.1) is 0 Å². The van der Waals surface area contributed by atoms with Crippen molar-refractivity contribution in [3.05, 3.63) is 72.3 Å². The van der Waals surface area contributed by atoms with Gasteiger partial charge in [0.05, 0.1) is 4.90 Å². The number of benzene rings is 2. The predicted octanol–water partition coefficient (Wildman–Crippen LogP) is 3.54. The third kappa shape index (κ3) is 5.29. The van der Waals surface area contributed by atoms with Crippen molar-refractivity contribution >= 4 is 56.1 Å². The van der Waals surface area contributed by atoms with Crippen LogP contribution in [0.2, 0.25) is 5.02 Å². The number of hydrogen-bond acceptors (Lipinski definition) is 5. The maximum absolute atomic E-state index is 12.7.